The zero-order valence-corrected chi connectivity index (χ0v) is 14.1. The Bertz CT molecular complexity index is 420. The Labute approximate surface area is 129 Å². The van der Waals surface area contributed by atoms with Crippen LogP contribution in [0.5, 0.6) is 0 Å². The Hall–Kier alpha value is -1.00. The van der Waals surface area contributed by atoms with Gasteiger partial charge in [0.15, 0.2) is 0 Å². The fourth-order valence-corrected chi connectivity index (χ4v) is 3.13. The molecule has 0 spiro atoms. The monoisotopic (exact) mass is 295 g/mol. The van der Waals surface area contributed by atoms with Gasteiger partial charge in [-0.2, -0.15) is 0 Å². The lowest BCUT2D eigenvalue weighted by atomic mass is 9.83. The van der Waals surface area contributed by atoms with Crippen LogP contribution in [-0.2, 0) is 0 Å². The van der Waals surface area contributed by atoms with Gasteiger partial charge in [-0.1, -0.05) is 27.7 Å². The van der Waals surface area contributed by atoms with Crippen LogP contribution in [0, 0.1) is 5.82 Å². The Kier molecular flexibility index (Phi) is 7.26. The van der Waals surface area contributed by atoms with E-state index in [1.54, 1.807) is 12.3 Å². The van der Waals surface area contributed by atoms with Gasteiger partial charge < -0.3 is 5.32 Å². The molecule has 0 radical (unpaired) electrons. The molecule has 1 rings (SSSR count). The van der Waals surface area contributed by atoms with Crippen molar-refractivity contribution < 1.29 is 4.39 Å². The van der Waals surface area contributed by atoms with Gasteiger partial charge in [-0.25, -0.2) is 4.39 Å². The largest absolute Gasteiger partial charge is 0.308 e. The van der Waals surface area contributed by atoms with Gasteiger partial charge in [0.05, 0.1) is 12.2 Å². The SMILES string of the molecule is CCCNC(c1cncc(F)c1)C(C)(CC)N(CC)CC. The van der Waals surface area contributed by atoms with Gasteiger partial charge in [-0.3, -0.25) is 9.88 Å². The third kappa shape index (κ3) is 4.24. The summed E-state index contributed by atoms with van der Waals surface area (Å²) in [5.41, 5.74) is 0.869. The number of halogens is 1. The number of aromatic nitrogens is 1. The molecule has 1 aromatic heterocycles. The molecule has 0 saturated carbocycles. The van der Waals surface area contributed by atoms with E-state index in [9.17, 15) is 4.39 Å². The average Bonchev–Trinajstić information content (AvgIpc) is 2.48. The van der Waals surface area contributed by atoms with E-state index in [1.807, 2.05) is 0 Å². The van der Waals surface area contributed by atoms with Gasteiger partial charge in [0.1, 0.15) is 5.82 Å². The number of nitrogens with zero attached hydrogens (tertiary/aromatic N) is 2. The molecule has 0 bridgehead atoms. The summed E-state index contributed by atoms with van der Waals surface area (Å²) in [5, 5.41) is 3.61. The molecule has 1 heterocycles. The molecule has 1 aromatic rings. The summed E-state index contributed by atoms with van der Waals surface area (Å²) in [6, 6.07) is 1.68. The molecule has 0 amide bonds. The van der Waals surface area contributed by atoms with Crippen LogP contribution >= 0.6 is 0 Å². The van der Waals surface area contributed by atoms with Gasteiger partial charge in [0.25, 0.3) is 0 Å². The van der Waals surface area contributed by atoms with E-state index < -0.39 is 0 Å². The molecule has 3 nitrogen and oxygen atoms in total. The third-order valence-corrected chi connectivity index (χ3v) is 4.48. The van der Waals surface area contributed by atoms with Crippen molar-refractivity contribution in [1.82, 2.24) is 15.2 Å². The summed E-state index contributed by atoms with van der Waals surface area (Å²) in [7, 11) is 0. The highest BCUT2D eigenvalue weighted by Crippen LogP contribution is 2.34. The van der Waals surface area contributed by atoms with Gasteiger partial charge in [0.2, 0.25) is 0 Å². The van der Waals surface area contributed by atoms with Crippen molar-refractivity contribution in [1.29, 1.82) is 0 Å². The molecule has 0 aromatic carbocycles. The molecule has 0 saturated heterocycles. The second-order valence-electron chi connectivity index (χ2n) is 5.71. The van der Waals surface area contributed by atoms with Crippen LogP contribution in [0.4, 0.5) is 4.39 Å². The van der Waals surface area contributed by atoms with Gasteiger partial charge >= 0.3 is 0 Å². The second-order valence-corrected chi connectivity index (χ2v) is 5.71. The molecular formula is C17H30FN3. The Morgan fingerprint density at radius 1 is 1.24 bits per heavy atom. The van der Waals surface area contributed by atoms with Crippen molar-refractivity contribution in [2.75, 3.05) is 19.6 Å². The molecule has 4 heteroatoms. The average molecular weight is 295 g/mol. The number of hydrogen-bond acceptors (Lipinski definition) is 3. The smallest absolute Gasteiger partial charge is 0.141 e. The topological polar surface area (TPSA) is 28.2 Å². The van der Waals surface area contributed by atoms with E-state index in [0.29, 0.717) is 0 Å². The van der Waals surface area contributed by atoms with E-state index in [2.05, 4.69) is 49.8 Å². The van der Waals surface area contributed by atoms with E-state index in [-0.39, 0.29) is 17.4 Å². The standard InChI is InChI=1S/C17H30FN3/c1-6-10-20-16(14-11-15(18)13-19-12-14)17(5,7-2)21(8-3)9-4/h11-13,16,20H,6-10H2,1-5H3. The number of likely N-dealkylation sites (N-methyl/N-ethyl adjacent to an activating group) is 1. The van der Waals surface area contributed by atoms with E-state index >= 15 is 0 Å². The summed E-state index contributed by atoms with van der Waals surface area (Å²) in [4.78, 5) is 6.49. The van der Waals surface area contributed by atoms with Crippen LogP contribution in [-0.4, -0.2) is 35.1 Å². The minimum atomic E-state index is -0.270. The van der Waals surface area contributed by atoms with Crippen LogP contribution in [0.25, 0.3) is 0 Å². The number of rotatable bonds is 9. The zero-order chi connectivity index (χ0) is 15.9. The molecule has 2 atom stereocenters. The molecule has 0 aliphatic heterocycles. The molecular weight excluding hydrogens is 265 g/mol. The highest BCUT2D eigenvalue weighted by molar-refractivity contribution is 5.20. The minimum absolute atomic E-state index is 0.0614. The molecule has 1 N–H and O–H groups in total. The second kappa shape index (κ2) is 8.44. The number of pyridine rings is 1. The summed E-state index contributed by atoms with van der Waals surface area (Å²) in [5.74, 6) is -0.270. The van der Waals surface area contributed by atoms with Crippen molar-refractivity contribution in [2.24, 2.45) is 0 Å². The summed E-state index contributed by atoms with van der Waals surface area (Å²) in [6.07, 6.45) is 5.10. The van der Waals surface area contributed by atoms with Crippen molar-refractivity contribution in [3.05, 3.63) is 29.8 Å². The van der Waals surface area contributed by atoms with Crippen molar-refractivity contribution in [3.8, 4) is 0 Å². The van der Waals surface area contributed by atoms with Crippen molar-refractivity contribution in [2.45, 2.75) is 59.0 Å². The first-order valence-electron chi connectivity index (χ1n) is 8.12. The lowest BCUT2D eigenvalue weighted by Crippen LogP contribution is -2.54. The summed E-state index contributed by atoms with van der Waals surface area (Å²) in [6.45, 7) is 13.8. The maximum absolute atomic E-state index is 13.6. The summed E-state index contributed by atoms with van der Waals surface area (Å²) >= 11 is 0. The minimum Gasteiger partial charge on any atom is -0.308 e. The van der Waals surface area contributed by atoms with E-state index in [1.165, 1.54) is 6.20 Å². The highest BCUT2D eigenvalue weighted by atomic mass is 19.1. The predicted molar refractivity (Wildman–Crippen MR) is 86.8 cm³/mol. The first-order valence-corrected chi connectivity index (χ1v) is 8.12. The van der Waals surface area contributed by atoms with Crippen LogP contribution in [0.3, 0.4) is 0 Å². The highest BCUT2D eigenvalue weighted by Gasteiger charge is 2.37. The van der Waals surface area contributed by atoms with Crippen LogP contribution in [0.2, 0.25) is 0 Å². The van der Waals surface area contributed by atoms with E-state index in [4.69, 9.17) is 0 Å². The Morgan fingerprint density at radius 2 is 1.90 bits per heavy atom. The fourth-order valence-electron chi connectivity index (χ4n) is 3.13. The quantitative estimate of drug-likeness (QED) is 0.751. The molecule has 0 fully saturated rings. The zero-order valence-electron chi connectivity index (χ0n) is 14.1. The number of nitrogens with one attached hydrogen (secondary N) is 1. The van der Waals surface area contributed by atoms with Gasteiger partial charge in [0, 0.05) is 11.7 Å². The predicted octanol–water partition coefficient (Wildman–Crippen LogP) is 3.77. The Balaban J connectivity index is 3.20. The first kappa shape index (κ1) is 18.1. The van der Waals surface area contributed by atoms with Gasteiger partial charge in [-0.05, 0) is 51.0 Å². The maximum atomic E-state index is 13.6. The third-order valence-electron chi connectivity index (χ3n) is 4.48. The first-order chi connectivity index (χ1) is 10.0. The Morgan fingerprint density at radius 3 is 2.38 bits per heavy atom. The van der Waals surface area contributed by atoms with Crippen LogP contribution in [0.15, 0.2) is 18.5 Å². The number of hydrogen-bond donors (Lipinski definition) is 1. The maximum Gasteiger partial charge on any atom is 0.141 e. The fraction of sp³-hybridized carbons (Fsp3) is 0.706. The van der Waals surface area contributed by atoms with Crippen LogP contribution < -0.4 is 5.32 Å². The molecule has 21 heavy (non-hydrogen) atoms. The van der Waals surface area contributed by atoms with Crippen LogP contribution in [0.1, 0.15) is 59.1 Å². The van der Waals surface area contributed by atoms with Crippen molar-refractivity contribution >= 4 is 0 Å². The normalized spacial score (nSPS) is 16.0. The summed E-state index contributed by atoms with van der Waals surface area (Å²) < 4.78 is 13.6. The van der Waals surface area contributed by atoms with Crippen molar-refractivity contribution in [3.63, 3.8) is 0 Å². The molecule has 2 unspecified atom stereocenters. The lowest BCUT2D eigenvalue weighted by Gasteiger charge is -2.46. The molecule has 0 aliphatic carbocycles. The van der Waals surface area contributed by atoms with Gasteiger partial charge in [-0.15, -0.1) is 0 Å². The molecule has 120 valence electrons. The lowest BCUT2D eigenvalue weighted by molar-refractivity contribution is 0.0696. The molecule has 0 aliphatic rings. The van der Waals surface area contributed by atoms with E-state index in [0.717, 1.165) is 38.0 Å².